The predicted octanol–water partition coefficient (Wildman–Crippen LogP) is 1.93. The fourth-order valence-electron chi connectivity index (χ4n) is 1.37. The van der Waals surface area contributed by atoms with Gasteiger partial charge in [0.2, 0.25) is 5.95 Å². The second-order valence-corrected chi connectivity index (χ2v) is 4.48. The van der Waals surface area contributed by atoms with Gasteiger partial charge in [-0.25, -0.2) is 4.98 Å². The maximum Gasteiger partial charge on any atom is 0.224 e. The molecule has 1 heterocycles. The first-order valence-electron chi connectivity index (χ1n) is 5.72. The van der Waals surface area contributed by atoms with Crippen molar-refractivity contribution in [2.45, 2.75) is 12.8 Å². The van der Waals surface area contributed by atoms with Gasteiger partial charge in [-0.3, -0.25) is 0 Å². The molecule has 1 aromatic heterocycles. The average Bonchev–Trinajstić information content (AvgIpc) is 2.30. The number of nitrogens with zero attached hydrogens (tertiary/aromatic N) is 3. The second kappa shape index (κ2) is 7.29. The Hall–Kier alpha value is -1.07. The van der Waals surface area contributed by atoms with Crippen LogP contribution in [0.4, 0.5) is 11.8 Å². The van der Waals surface area contributed by atoms with Crippen LogP contribution in [0.15, 0.2) is 6.20 Å². The molecule has 0 spiro atoms. The maximum absolute atomic E-state index is 5.99. The van der Waals surface area contributed by atoms with Crippen molar-refractivity contribution < 1.29 is 0 Å². The Labute approximate surface area is 108 Å². The predicted molar refractivity (Wildman–Crippen MR) is 72.9 cm³/mol. The van der Waals surface area contributed by atoms with Crippen LogP contribution in [0.3, 0.4) is 0 Å². The Morgan fingerprint density at radius 2 is 2.12 bits per heavy atom. The van der Waals surface area contributed by atoms with E-state index in [0.717, 1.165) is 25.9 Å². The monoisotopic (exact) mass is 257 g/mol. The fraction of sp³-hybridized carbons (Fsp3) is 0.636. The van der Waals surface area contributed by atoms with Gasteiger partial charge < -0.3 is 15.5 Å². The first-order chi connectivity index (χ1) is 8.13. The van der Waals surface area contributed by atoms with E-state index >= 15 is 0 Å². The molecular weight excluding hydrogens is 238 g/mol. The van der Waals surface area contributed by atoms with Crippen molar-refractivity contribution in [2.75, 3.05) is 44.9 Å². The maximum atomic E-state index is 5.99. The van der Waals surface area contributed by atoms with Crippen molar-refractivity contribution in [3.8, 4) is 0 Å². The summed E-state index contributed by atoms with van der Waals surface area (Å²) >= 11 is 5.99. The van der Waals surface area contributed by atoms with Gasteiger partial charge >= 0.3 is 0 Å². The van der Waals surface area contributed by atoms with Gasteiger partial charge in [-0.1, -0.05) is 11.6 Å². The van der Waals surface area contributed by atoms with Crippen LogP contribution in [0.5, 0.6) is 0 Å². The Morgan fingerprint density at radius 3 is 2.76 bits per heavy atom. The minimum absolute atomic E-state index is 0.552. The normalized spacial score (nSPS) is 10.6. The van der Waals surface area contributed by atoms with Crippen LogP contribution in [0, 0.1) is 0 Å². The molecule has 0 bridgehead atoms. The summed E-state index contributed by atoms with van der Waals surface area (Å²) in [7, 11) is 5.94. The van der Waals surface area contributed by atoms with Gasteiger partial charge in [0.15, 0.2) is 0 Å². The molecule has 0 fully saturated rings. The standard InChI is InChI=1S/C11H20ClN5/c1-13-11-15-8-9(12)10(16-11)14-6-4-5-7-17(2)3/h8H,4-7H2,1-3H3,(H2,13,14,15,16). The number of hydrogen-bond donors (Lipinski definition) is 2. The summed E-state index contributed by atoms with van der Waals surface area (Å²) in [6.07, 6.45) is 3.84. The minimum atomic E-state index is 0.552. The fourth-order valence-corrected chi connectivity index (χ4v) is 1.53. The number of nitrogens with one attached hydrogen (secondary N) is 2. The molecule has 0 unspecified atom stereocenters. The van der Waals surface area contributed by atoms with Crippen LogP contribution in [0.2, 0.25) is 5.02 Å². The van der Waals surface area contributed by atoms with Gasteiger partial charge in [-0.2, -0.15) is 4.98 Å². The summed E-state index contributed by atoms with van der Waals surface area (Å²) in [4.78, 5) is 10.4. The number of rotatable bonds is 7. The number of anilines is 2. The molecule has 2 N–H and O–H groups in total. The van der Waals surface area contributed by atoms with Crippen LogP contribution in [0.1, 0.15) is 12.8 Å². The highest BCUT2D eigenvalue weighted by Crippen LogP contribution is 2.18. The third kappa shape index (κ3) is 5.19. The SMILES string of the molecule is CNc1ncc(Cl)c(NCCCCN(C)C)n1. The van der Waals surface area contributed by atoms with Crippen LogP contribution in [-0.2, 0) is 0 Å². The molecule has 0 aromatic carbocycles. The zero-order valence-corrected chi connectivity index (χ0v) is 11.4. The van der Waals surface area contributed by atoms with E-state index in [1.807, 2.05) is 0 Å². The molecule has 5 nitrogen and oxygen atoms in total. The van der Waals surface area contributed by atoms with Crippen LogP contribution in [0.25, 0.3) is 0 Å². The van der Waals surface area contributed by atoms with Crippen LogP contribution < -0.4 is 10.6 Å². The molecule has 0 radical (unpaired) electrons. The quantitative estimate of drug-likeness (QED) is 0.731. The van der Waals surface area contributed by atoms with E-state index < -0.39 is 0 Å². The second-order valence-electron chi connectivity index (χ2n) is 4.08. The summed E-state index contributed by atoms with van der Waals surface area (Å²) in [5, 5.41) is 6.66. The smallest absolute Gasteiger partial charge is 0.224 e. The summed E-state index contributed by atoms with van der Waals surface area (Å²) in [5.41, 5.74) is 0. The number of halogens is 1. The third-order valence-corrected chi connectivity index (χ3v) is 2.57. The zero-order valence-electron chi connectivity index (χ0n) is 10.6. The van der Waals surface area contributed by atoms with E-state index in [1.54, 1.807) is 13.2 Å². The lowest BCUT2D eigenvalue weighted by molar-refractivity contribution is 0.396. The summed E-state index contributed by atoms with van der Waals surface area (Å²) in [6, 6.07) is 0. The summed E-state index contributed by atoms with van der Waals surface area (Å²) < 4.78 is 0. The number of unbranched alkanes of at least 4 members (excludes halogenated alkanes) is 1. The van der Waals surface area contributed by atoms with Crippen molar-refractivity contribution in [2.24, 2.45) is 0 Å². The highest BCUT2D eigenvalue weighted by molar-refractivity contribution is 6.32. The molecule has 6 heteroatoms. The van der Waals surface area contributed by atoms with Gasteiger partial charge in [0.25, 0.3) is 0 Å². The van der Waals surface area contributed by atoms with E-state index in [0.29, 0.717) is 16.8 Å². The number of hydrogen-bond acceptors (Lipinski definition) is 5. The van der Waals surface area contributed by atoms with Gasteiger partial charge in [0.05, 0.1) is 6.20 Å². The molecule has 0 saturated carbocycles. The lowest BCUT2D eigenvalue weighted by Crippen LogP contribution is -2.14. The lowest BCUT2D eigenvalue weighted by atomic mass is 10.3. The molecule has 1 rings (SSSR count). The molecule has 0 aliphatic heterocycles. The molecule has 17 heavy (non-hydrogen) atoms. The van der Waals surface area contributed by atoms with E-state index in [9.17, 15) is 0 Å². The Morgan fingerprint density at radius 1 is 1.35 bits per heavy atom. The van der Waals surface area contributed by atoms with Crippen LogP contribution in [-0.4, -0.2) is 49.1 Å². The molecule has 0 aliphatic rings. The molecular formula is C11H20ClN5. The van der Waals surface area contributed by atoms with Crippen LogP contribution >= 0.6 is 11.6 Å². The van der Waals surface area contributed by atoms with Crippen molar-refractivity contribution >= 4 is 23.4 Å². The Balaban J connectivity index is 2.35. The molecule has 0 saturated heterocycles. The highest BCUT2D eigenvalue weighted by atomic mass is 35.5. The Kier molecular flexibility index (Phi) is 6.00. The highest BCUT2D eigenvalue weighted by Gasteiger charge is 2.03. The first kappa shape index (κ1) is 14.0. The van der Waals surface area contributed by atoms with E-state index in [4.69, 9.17) is 11.6 Å². The molecule has 96 valence electrons. The minimum Gasteiger partial charge on any atom is -0.369 e. The molecule has 1 aromatic rings. The van der Waals surface area contributed by atoms with Gasteiger partial charge in [-0.15, -0.1) is 0 Å². The van der Waals surface area contributed by atoms with Gasteiger partial charge in [0, 0.05) is 13.6 Å². The zero-order chi connectivity index (χ0) is 12.7. The molecule has 0 aliphatic carbocycles. The van der Waals surface area contributed by atoms with Crippen molar-refractivity contribution in [3.63, 3.8) is 0 Å². The van der Waals surface area contributed by atoms with E-state index in [2.05, 4.69) is 39.6 Å². The number of aromatic nitrogens is 2. The largest absolute Gasteiger partial charge is 0.369 e. The summed E-state index contributed by atoms with van der Waals surface area (Å²) in [5.74, 6) is 1.26. The molecule has 0 atom stereocenters. The Bertz CT molecular complexity index is 343. The van der Waals surface area contributed by atoms with Crippen molar-refractivity contribution in [1.82, 2.24) is 14.9 Å². The van der Waals surface area contributed by atoms with Gasteiger partial charge in [0.1, 0.15) is 10.8 Å². The van der Waals surface area contributed by atoms with E-state index in [-0.39, 0.29) is 0 Å². The van der Waals surface area contributed by atoms with Gasteiger partial charge in [-0.05, 0) is 33.5 Å². The average molecular weight is 258 g/mol. The topological polar surface area (TPSA) is 53.1 Å². The summed E-state index contributed by atoms with van der Waals surface area (Å²) in [6.45, 7) is 1.97. The van der Waals surface area contributed by atoms with Crippen molar-refractivity contribution in [1.29, 1.82) is 0 Å². The van der Waals surface area contributed by atoms with E-state index in [1.165, 1.54) is 0 Å². The molecule has 0 amide bonds. The third-order valence-electron chi connectivity index (χ3n) is 2.29. The van der Waals surface area contributed by atoms with Crippen molar-refractivity contribution in [3.05, 3.63) is 11.2 Å². The first-order valence-corrected chi connectivity index (χ1v) is 6.10. The lowest BCUT2D eigenvalue weighted by Gasteiger charge is -2.10.